The van der Waals surface area contributed by atoms with E-state index >= 15 is 0 Å². The molecule has 1 fully saturated rings. The number of carbonyl (C=O) groups excluding carboxylic acids is 2. The number of rotatable bonds is 4. The lowest BCUT2D eigenvalue weighted by Gasteiger charge is -2.40. The monoisotopic (exact) mass is 412 g/mol. The summed E-state index contributed by atoms with van der Waals surface area (Å²) in [4.78, 5) is 37.6. The van der Waals surface area contributed by atoms with Gasteiger partial charge in [-0.2, -0.15) is 4.98 Å². The molecule has 30 heavy (non-hydrogen) atoms. The van der Waals surface area contributed by atoms with Crippen LogP contribution in [-0.2, 0) is 4.79 Å². The van der Waals surface area contributed by atoms with E-state index in [0.717, 1.165) is 0 Å². The number of halogens is 1. The Morgan fingerprint density at radius 2 is 1.90 bits per heavy atom. The minimum Gasteiger partial charge on any atom is -0.348 e. The van der Waals surface area contributed by atoms with Crippen molar-refractivity contribution in [2.45, 2.75) is 32.9 Å². The summed E-state index contributed by atoms with van der Waals surface area (Å²) in [6, 6.07) is 5.27. The minimum atomic E-state index is -0.365. The maximum Gasteiger partial charge on any atom is 0.253 e. The Morgan fingerprint density at radius 1 is 1.23 bits per heavy atom. The number of likely N-dealkylation sites (tertiary alicyclic amines) is 1. The number of hydrogen-bond donors (Lipinski definition) is 2. The second-order valence-electron chi connectivity index (χ2n) is 8.18. The molecule has 158 valence electrons. The summed E-state index contributed by atoms with van der Waals surface area (Å²) < 4.78 is 13.0. The maximum absolute atomic E-state index is 13.0. The highest BCUT2D eigenvalue weighted by molar-refractivity contribution is 6.03. The van der Waals surface area contributed by atoms with Crippen LogP contribution in [-0.4, -0.2) is 58.9 Å². The van der Waals surface area contributed by atoms with E-state index in [1.54, 1.807) is 4.90 Å². The summed E-state index contributed by atoms with van der Waals surface area (Å²) >= 11 is 0. The molecule has 2 N–H and O–H groups in total. The van der Waals surface area contributed by atoms with Crippen LogP contribution in [0.3, 0.4) is 0 Å². The molecular formula is C21H25FN6O2. The highest BCUT2D eigenvalue weighted by atomic mass is 19.1. The van der Waals surface area contributed by atoms with Crippen molar-refractivity contribution in [2.75, 3.05) is 35.7 Å². The van der Waals surface area contributed by atoms with Crippen molar-refractivity contribution >= 4 is 29.3 Å². The number of aryl methyl sites for hydroxylation is 1. The largest absolute Gasteiger partial charge is 0.348 e. The molecule has 0 saturated carbocycles. The summed E-state index contributed by atoms with van der Waals surface area (Å²) in [5, 5.41) is 6.20. The van der Waals surface area contributed by atoms with Crippen LogP contribution in [0.25, 0.3) is 0 Å². The lowest BCUT2D eigenvalue weighted by Crippen LogP contribution is -2.57. The first-order valence-corrected chi connectivity index (χ1v) is 9.98. The van der Waals surface area contributed by atoms with Crippen molar-refractivity contribution in [3.8, 4) is 0 Å². The number of likely N-dealkylation sites (N-methyl/N-ethyl adjacent to an activating group) is 1. The van der Waals surface area contributed by atoms with Gasteiger partial charge in [0.1, 0.15) is 17.5 Å². The van der Waals surface area contributed by atoms with Crippen LogP contribution in [0, 0.1) is 18.7 Å². The van der Waals surface area contributed by atoms with Crippen molar-refractivity contribution in [3.05, 3.63) is 41.3 Å². The van der Waals surface area contributed by atoms with Crippen molar-refractivity contribution in [1.29, 1.82) is 0 Å². The second kappa shape index (κ2) is 7.55. The van der Waals surface area contributed by atoms with Crippen LogP contribution >= 0.6 is 0 Å². The van der Waals surface area contributed by atoms with Gasteiger partial charge in [0.15, 0.2) is 5.82 Å². The Kier molecular flexibility index (Phi) is 5.05. The van der Waals surface area contributed by atoms with E-state index in [9.17, 15) is 14.0 Å². The normalized spacial score (nSPS) is 18.7. The average molecular weight is 412 g/mol. The molecule has 1 aromatic carbocycles. The van der Waals surface area contributed by atoms with Gasteiger partial charge < -0.3 is 20.4 Å². The second-order valence-corrected chi connectivity index (χ2v) is 8.18. The van der Waals surface area contributed by atoms with Crippen molar-refractivity contribution in [2.24, 2.45) is 5.92 Å². The van der Waals surface area contributed by atoms with E-state index in [1.165, 1.54) is 24.3 Å². The Labute approximate surface area is 174 Å². The molecule has 1 unspecified atom stereocenters. The highest BCUT2D eigenvalue weighted by Gasteiger charge is 2.36. The molecule has 0 aliphatic carbocycles. The van der Waals surface area contributed by atoms with Crippen LogP contribution in [0.15, 0.2) is 24.3 Å². The number of carbonyl (C=O) groups is 2. The number of aromatic nitrogens is 2. The number of hydrogen-bond acceptors (Lipinski definition) is 6. The molecule has 4 rings (SSSR count). The number of amides is 2. The molecular weight excluding hydrogens is 387 g/mol. The summed E-state index contributed by atoms with van der Waals surface area (Å²) in [6.07, 6.45) is 0. The first-order valence-electron chi connectivity index (χ1n) is 9.98. The van der Waals surface area contributed by atoms with Gasteiger partial charge in [0.2, 0.25) is 11.9 Å². The number of fused-ring (bicyclic) bond motifs is 1. The fourth-order valence-electron chi connectivity index (χ4n) is 3.97. The highest BCUT2D eigenvalue weighted by Crippen LogP contribution is 2.34. The Hall–Kier alpha value is -3.23. The van der Waals surface area contributed by atoms with Crippen LogP contribution in [0.2, 0.25) is 0 Å². The van der Waals surface area contributed by atoms with Crippen LogP contribution < -0.4 is 15.5 Å². The summed E-state index contributed by atoms with van der Waals surface area (Å²) in [5.74, 6) is 0.736. The zero-order valence-corrected chi connectivity index (χ0v) is 17.4. The SMILES string of the molecule is Cc1nc(NC2CN(C(=O)c3ccc(F)cc3)C2)nc2c1NC(=O)C(C(C)C)N2C. The summed E-state index contributed by atoms with van der Waals surface area (Å²) in [7, 11) is 1.87. The Balaban J connectivity index is 1.44. The third-order valence-electron chi connectivity index (χ3n) is 5.56. The molecule has 1 atom stereocenters. The van der Waals surface area contributed by atoms with Gasteiger partial charge in [0.25, 0.3) is 5.91 Å². The molecule has 1 saturated heterocycles. The van der Waals surface area contributed by atoms with E-state index in [2.05, 4.69) is 20.6 Å². The van der Waals surface area contributed by atoms with Gasteiger partial charge in [-0.1, -0.05) is 13.8 Å². The van der Waals surface area contributed by atoms with E-state index in [1.807, 2.05) is 32.7 Å². The Morgan fingerprint density at radius 3 is 2.53 bits per heavy atom. The van der Waals surface area contributed by atoms with Gasteiger partial charge >= 0.3 is 0 Å². The molecule has 0 bridgehead atoms. The number of anilines is 3. The lowest BCUT2D eigenvalue weighted by atomic mass is 9.99. The first kappa shape index (κ1) is 20.1. The topological polar surface area (TPSA) is 90.5 Å². The quantitative estimate of drug-likeness (QED) is 0.801. The van der Waals surface area contributed by atoms with Gasteiger partial charge in [-0.15, -0.1) is 0 Å². The fourth-order valence-corrected chi connectivity index (χ4v) is 3.97. The van der Waals surface area contributed by atoms with Crippen LogP contribution in [0.5, 0.6) is 0 Å². The van der Waals surface area contributed by atoms with Crippen molar-refractivity contribution in [3.63, 3.8) is 0 Å². The zero-order valence-electron chi connectivity index (χ0n) is 17.4. The van der Waals surface area contributed by atoms with E-state index in [0.29, 0.717) is 41.8 Å². The van der Waals surface area contributed by atoms with E-state index in [-0.39, 0.29) is 35.6 Å². The molecule has 0 spiro atoms. The number of nitrogens with one attached hydrogen (secondary N) is 2. The lowest BCUT2D eigenvalue weighted by molar-refractivity contribution is -0.118. The first-order chi connectivity index (χ1) is 14.2. The number of benzene rings is 1. The predicted octanol–water partition coefficient (Wildman–Crippen LogP) is 2.27. The van der Waals surface area contributed by atoms with Crippen LogP contribution in [0.4, 0.5) is 21.8 Å². The number of nitrogens with zero attached hydrogens (tertiary/aromatic N) is 4. The molecule has 1 aromatic heterocycles. The van der Waals surface area contributed by atoms with Gasteiger partial charge in [0, 0.05) is 25.7 Å². The van der Waals surface area contributed by atoms with E-state index < -0.39 is 0 Å². The molecule has 2 aliphatic rings. The van der Waals surface area contributed by atoms with Gasteiger partial charge in [-0.05, 0) is 37.1 Å². The fraction of sp³-hybridized carbons (Fsp3) is 0.429. The zero-order chi connectivity index (χ0) is 21.6. The van der Waals surface area contributed by atoms with Crippen molar-refractivity contribution < 1.29 is 14.0 Å². The summed E-state index contributed by atoms with van der Waals surface area (Å²) in [5.41, 5.74) is 1.78. The standard InChI is InChI=1S/C21H25FN6O2/c1-11(2)17-19(29)25-16-12(3)23-21(26-18(16)27(17)4)24-15-9-28(10-15)20(30)13-5-7-14(22)8-6-13/h5-8,11,15,17H,9-10H2,1-4H3,(H,25,29)(H,23,24,26). The molecule has 0 radical (unpaired) electrons. The average Bonchev–Trinajstić information content (AvgIpc) is 2.65. The smallest absolute Gasteiger partial charge is 0.253 e. The van der Waals surface area contributed by atoms with Gasteiger partial charge in [-0.3, -0.25) is 9.59 Å². The summed E-state index contributed by atoms with van der Waals surface area (Å²) in [6.45, 7) is 6.86. The Bertz CT molecular complexity index is 988. The molecule has 8 nitrogen and oxygen atoms in total. The predicted molar refractivity (Wildman–Crippen MR) is 112 cm³/mol. The minimum absolute atomic E-state index is 0.0243. The maximum atomic E-state index is 13.0. The molecule has 2 aliphatic heterocycles. The third kappa shape index (κ3) is 3.55. The van der Waals surface area contributed by atoms with Crippen molar-refractivity contribution in [1.82, 2.24) is 14.9 Å². The molecule has 3 heterocycles. The molecule has 2 aromatic rings. The molecule has 2 amide bonds. The third-order valence-corrected chi connectivity index (χ3v) is 5.56. The van der Waals surface area contributed by atoms with E-state index in [4.69, 9.17) is 0 Å². The van der Waals surface area contributed by atoms with Crippen LogP contribution in [0.1, 0.15) is 29.9 Å². The molecule has 9 heteroatoms. The van der Waals surface area contributed by atoms with Gasteiger partial charge in [-0.25, -0.2) is 9.37 Å². The van der Waals surface area contributed by atoms with Gasteiger partial charge in [0.05, 0.1) is 11.7 Å².